The SMILES string of the molecule is CNC(CSC1CCCC1)Cc1ccc(Cl)cc1Cl. The van der Waals surface area contributed by atoms with E-state index in [4.69, 9.17) is 23.2 Å². The normalized spacial score (nSPS) is 17.8. The van der Waals surface area contributed by atoms with Crippen LogP contribution in [0.3, 0.4) is 0 Å². The second kappa shape index (κ2) is 7.78. The number of nitrogens with one attached hydrogen (secondary N) is 1. The molecule has 1 aliphatic rings. The Morgan fingerprint density at radius 3 is 2.68 bits per heavy atom. The van der Waals surface area contributed by atoms with Crippen molar-refractivity contribution in [2.45, 2.75) is 43.4 Å². The van der Waals surface area contributed by atoms with E-state index in [1.165, 1.54) is 31.2 Å². The van der Waals surface area contributed by atoms with Crippen LogP contribution in [0.5, 0.6) is 0 Å². The third kappa shape index (κ3) is 4.86. The average Bonchev–Trinajstić information content (AvgIpc) is 2.90. The van der Waals surface area contributed by atoms with E-state index in [-0.39, 0.29) is 0 Å². The summed E-state index contributed by atoms with van der Waals surface area (Å²) in [5.74, 6) is 1.15. The Hall–Kier alpha value is 0.110. The summed E-state index contributed by atoms with van der Waals surface area (Å²) in [4.78, 5) is 0. The van der Waals surface area contributed by atoms with E-state index >= 15 is 0 Å². The lowest BCUT2D eigenvalue weighted by Gasteiger charge is -2.19. The summed E-state index contributed by atoms with van der Waals surface area (Å²) < 4.78 is 0. The maximum absolute atomic E-state index is 6.24. The monoisotopic (exact) mass is 317 g/mol. The standard InChI is InChI=1S/C15H21Cl2NS/c1-18-13(10-19-14-4-2-3-5-14)8-11-6-7-12(16)9-15(11)17/h6-7,9,13-14,18H,2-5,8,10H2,1H3. The molecule has 1 fully saturated rings. The topological polar surface area (TPSA) is 12.0 Å². The molecular formula is C15H21Cl2NS. The molecule has 4 heteroatoms. The van der Waals surface area contributed by atoms with Gasteiger partial charge in [-0.25, -0.2) is 0 Å². The first-order valence-corrected chi connectivity index (χ1v) is 8.72. The minimum Gasteiger partial charge on any atom is -0.316 e. The summed E-state index contributed by atoms with van der Waals surface area (Å²) in [6, 6.07) is 6.26. The van der Waals surface area contributed by atoms with Gasteiger partial charge in [-0.3, -0.25) is 0 Å². The van der Waals surface area contributed by atoms with Gasteiger partial charge in [-0.1, -0.05) is 42.1 Å². The molecule has 1 atom stereocenters. The van der Waals surface area contributed by atoms with Gasteiger partial charge >= 0.3 is 0 Å². The number of halogens is 2. The second-order valence-electron chi connectivity index (χ2n) is 5.17. The van der Waals surface area contributed by atoms with Crippen LogP contribution >= 0.6 is 35.0 Å². The third-order valence-electron chi connectivity index (χ3n) is 3.72. The van der Waals surface area contributed by atoms with Crippen molar-refractivity contribution in [2.75, 3.05) is 12.8 Å². The molecule has 0 aliphatic heterocycles. The number of thioether (sulfide) groups is 1. The number of rotatable bonds is 6. The molecule has 19 heavy (non-hydrogen) atoms. The zero-order valence-electron chi connectivity index (χ0n) is 11.3. The van der Waals surface area contributed by atoms with Crippen LogP contribution in [-0.2, 0) is 6.42 Å². The van der Waals surface area contributed by atoms with Gasteiger partial charge in [0.25, 0.3) is 0 Å². The van der Waals surface area contributed by atoms with Gasteiger partial charge in [-0.05, 0) is 44.0 Å². The number of hydrogen-bond acceptors (Lipinski definition) is 2. The lowest BCUT2D eigenvalue weighted by Crippen LogP contribution is -2.30. The van der Waals surface area contributed by atoms with Gasteiger partial charge in [0, 0.05) is 27.1 Å². The van der Waals surface area contributed by atoms with E-state index in [1.807, 2.05) is 25.2 Å². The maximum atomic E-state index is 6.24. The van der Waals surface area contributed by atoms with E-state index in [2.05, 4.69) is 17.1 Å². The summed E-state index contributed by atoms with van der Waals surface area (Å²) in [5, 5.41) is 5.76. The lowest BCUT2D eigenvalue weighted by atomic mass is 10.1. The van der Waals surface area contributed by atoms with Gasteiger partial charge in [-0.2, -0.15) is 11.8 Å². The minimum atomic E-state index is 0.476. The molecule has 0 saturated heterocycles. The molecule has 0 spiro atoms. The molecule has 2 rings (SSSR count). The highest BCUT2D eigenvalue weighted by Crippen LogP contribution is 2.30. The Morgan fingerprint density at radius 1 is 1.32 bits per heavy atom. The minimum absolute atomic E-state index is 0.476. The van der Waals surface area contributed by atoms with Gasteiger partial charge in [0.05, 0.1) is 0 Å². The van der Waals surface area contributed by atoms with Crippen molar-refractivity contribution in [2.24, 2.45) is 0 Å². The Morgan fingerprint density at radius 2 is 2.05 bits per heavy atom. The molecule has 1 aliphatic carbocycles. The van der Waals surface area contributed by atoms with E-state index in [9.17, 15) is 0 Å². The van der Waals surface area contributed by atoms with Crippen molar-refractivity contribution in [1.82, 2.24) is 5.32 Å². The molecule has 1 nitrogen and oxygen atoms in total. The first-order valence-electron chi connectivity index (χ1n) is 6.92. The molecule has 0 aromatic heterocycles. The predicted octanol–water partition coefficient (Wildman–Crippen LogP) is 4.80. The Bertz CT molecular complexity index is 405. The summed E-state index contributed by atoms with van der Waals surface area (Å²) in [7, 11) is 2.03. The summed E-state index contributed by atoms with van der Waals surface area (Å²) in [6.45, 7) is 0. The van der Waals surface area contributed by atoms with E-state index in [1.54, 1.807) is 0 Å². The quantitative estimate of drug-likeness (QED) is 0.808. The Balaban J connectivity index is 1.86. The molecule has 1 aromatic rings. The molecular weight excluding hydrogens is 297 g/mol. The Kier molecular flexibility index (Phi) is 6.34. The molecule has 0 heterocycles. The molecule has 1 aromatic carbocycles. The largest absolute Gasteiger partial charge is 0.316 e. The van der Waals surface area contributed by atoms with Crippen LogP contribution in [0.2, 0.25) is 10.0 Å². The van der Waals surface area contributed by atoms with Crippen molar-refractivity contribution in [3.8, 4) is 0 Å². The van der Waals surface area contributed by atoms with Crippen molar-refractivity contribution in [1.29, 1.82) is 0 Å². The van der Waals surface area contributed by atoms with Crippen molar-refractivity contribution < 1.29 is 0 Å². The smallest absolute Gasteiger partial charge is 0.0453 e. The van der Waals surface area contributed by atoms with E-state index < -0.39 is 0 Å². The summed E-state index contributed by atoms with van der Waals surface area (Å²) in [6.07, 6.45) is 6.56. The van der Waals surface area contributed by atoms with Crippen LogP contribution in [0.25, 0.3) is 0 Å². The van der Waals surface area contributed by atoms with Gasteiger partial charge < -0.3 is 5.32 Å². The molecule has 0 radical (unpaired) electrons. The fourth-order valence-corrected chi connectivity index (χ4v) is 4.45. The Labute approximate surface area is 130 Å². The van der Waals surface area contributed by atoms with E-state index in [0.29, 0.717) is 11.1 Å². The highest BCUT2D eigenvalue weighted by molar-refractivity contribution is 7.99. The molecule has 106 valence electrons. The number of benzene rings is 1. The summed E-state index contributed by atoms with van der Waals surface area (Å²) in [5.41, 5.74) is 1.18. The van der Waals surface area contributed by atoms with Crippen LogP contribution < -0.4 is 5.32 Å². The van der Waals surface area contributed by atoms with Gasteiger partial charge in [0.15, 0.2) is 0 Å². The molecule has 0 amide bonds. The van der Waals surface area contributed by atoms with Crippen LogP contribution in [0, 0.1) is 0 Å². The number of likely N-dealkylation sites (N-methyl/N-ethyl adjacent to an activating group) is 1. The zero-order chi connectivity index (χ0) is 13.7. The van der Waals surface area contributed by atoms with Crippen LogP contribution in [0.1, 0.15) is 31.2 Å². The molecule has 1 N–H and O–H groups in total. The molecule has 0 bridgehead atoms. The average molecular weight is 318 g/mol. The van der Waals surface area contributed by atoms with Crippen LogP contribution in [-0.4, -0.2) is 24.1 Å². The van der Waals surface area contributed by atoms with Crippen molar-refractivity contribution in [3.63, 3.8) is 0 Å². The van der Waals surface area contributed by atoms with Gasteiger partial charge in [-0.15, -0.1) is 0 Å². The van der Waals surface area contributed by atoms with Gasteiger partial charge in [0.2, 0.25) is 0 Å². The lowest BCUT2D eigenvalue weighted by molar-refractivity contribution is 0.616. The van der Waals surface area contributed by atoms with Crippen molar-refractivity contribution in [3.05, 3.63) is 33.8 Å². The number of hydrogen-bond donors (Lipinski definition) is 1. The fraction of sp³-hybridized carbons (Fsp3) is 0.600. The highest BCUT2D eigenvalue weighted by Gasteiger charge is 2.18. The first-order chi connectivity index (χ1) is 9.19. The third-order valence-corrected chi connectivity index (χ3v) is 5.85. The molecule has 1 unspecified atom stereocenters. The zero-order valence-corrected chi connectivity index (χ0v) is 13.6. The molecule has 1 saturated carbocycles. The highest BCUT2D eigenvalue weighted by atomic mass is 35.5. The van der Waals surface area contributed by atoms with Crippen LogP contribution in [0.15, 0.2) is 18.2 Å². The predicted molar refractivity (Wildman–Crippen MR) is 87.7 cm³/mol. The maximum Gasteiger partial charge on any atom is 0.0453 e. The van der Waals surface area contributed by atoms with E-state index in [0.717, 1.165) is 22.4 Å². The van der Waals surface area contributed by atoms with Gasteiger partial charge in [0.1, 0.15) is 0 Å². The summed E-state index contributed by atoms with van der Waals surface area (Å²) >= 11 is 14.3. The second-order valence-corrected chi connectivity index (χ2v) is 7.34. The fourth-order valence-electron chi connectivity index (χ4n) is 2.50. The first kappa shape index (κ1) is 15.5. The van der Waals surface area contributed by atoms with Crippen LogP contribution in [0.4, 0.5) is 0 Å². The van der Waals surface area contributed by atoms with Crippen molar-refractivity contribution >= 4 is 35.0 Å².